The lowest BCUT2D eigenvalue weighted by atomic mass is 10.3. The van der Waals surface area contributed by atoms with Crippen molar-refractivity contribution in [2.45, 2.75) is 12.2 Å². The zero-order chi connectivity index (χ0) is 20.2. The second kappa shape index (κ2) is 8.56. The fourth-order valence-corrected chi connectivity index (χ4v) is 2.57. The van der Waals surface area contributed by atoms with Crippen molar-refractivity contribution in [1.29, 1.82) is 0 Å². The van der Waals surface area contributed by atoms with Gasteiger partial charge in [0.2, 0.25) is 11.8 Å². The van der Waals surface area contributed by atoms with Gasteiger partial charge in [-0.25, -0.2) is 0 Å². The predicted octanol–water partition coefficient (Wildman–Crippen LogP) is 3.62. The molecule has 2 atom stereocenters. The van der Waals surface area contributed by atoms with Crippen molar-refractivity contribution in [2.75, 3.05) is 26.4 Å². The quantitative estimate of drug-likeness (QED) is 0.470. The zero-order valence-corrected chi connectivity index (χ0v) is 16.1. The second-order valence-corrected chi connectivity index (χ2v) is 6.89. The van der Waals surface area contributed by atoms with E-state index in [0.29, 0.717) is 36.5 Å². The molecule has 0 bridgehead atoms. The molecule has 2 fully saturated rings. The van der Waals surface area contributed by atoms with E-state index in [2.05, 4.69) is 10.2 Å². The van der Waals surface area contributed by atoms with Gasteiger partial charge in [0.1, 0.15) is 48.4 Å². The Morgan fingerprint density at radius 1 is 0.600 bits per heavy atom. The lowest BCUT2D eigenvalue weighted by Crippen LogP contribution is -2.03. The SMILES string of the molecule is c1cc(Oc2ccc(Oc3ccc(OCC4CO4)cc3)nn2)ccc1OCC1CO1. The van der Waals surface area contributed by atoms with Crippen molar-refractivity contribution >= 4 is 0 Å². The summed E-state index contributed by atoms with van der Waals surface area (Å²) in [6.07, 6.45) is 0.455. The Kier molecular flexibility index (Phi) is 5.32. The van der Waals surface area contributed by atoms with Gasteiger partial charge in [-0.05, 0) is 48.5 Å². The second-order valence-electron chi connectivity index (χ2n) is 6.89. The van der Waals surface area contributed by atoms with Gasteiger partial charge >= 0.3 is 0 Å². The molecule has 0 spiro atoms. The largest absolute Gasteiger partial charge is 0.491 e. The fraction of sp³-hybridized carbons (Fsp3) is 0.273. The van der Waals surface area contributed by atoms with Crippen LogP contribution in [0.2, 0.25) is 0 Å². The van der Waals surface area contributed by atoms with Crippen LogP contribution in [0, 0.1) is 0 Å². The van der Waals surface area contributed by atoms with Crippen molar-refractivity contribution in [3.05, 3.63) is 60.7 Å². The molecular weight excluding hydrogens is 388 g/mol. The molecule has 2 saturated heterocycles. The summed E-state index contributed by atoms with van der Waals surface area (Å²) in [6.45, 7) is 2.68. The average molecular weight is 408 g/mol. The highest BCUT2D eigenvalue weighted by Gasteiger charge is 2.23. The van der Waals surface area contributed by atoms with Crippen molar-refractivity contribution in [3.8, 4) is 34.8 Å². The van der Waals surface area contributed by atoms with E-state index < -0.39 is 0 Å². The summed E-state index contributed by atoms with van der Waals surface area (Å²) in [4.78, 5) is 0. The molecule has 2 aliphatic heterocycles. The van der Waals surface area contributed by atoms with Gasteiger partial charge in [-0.1, -0.05) is 0 Å². The summed E-state index contributed by atoms with van der Waals surface area (Å²) in [6, 6.07) is 18.0. The van der Waals surface area contributed by atoms with Crippen LogP contribution in [0.25, 0.3) is 0 Å². The Labute approximate surface area is 173 Å². The molecule has 8 heteroatoms. The van der Waals surface area contributed by atoms with Crippen LogP contribution < -0.4 is 18.9 Å². The van der Waals surface area contributed by atoms with Crippen LogP contribution in [0.3, 0.4) is 0 Å². The van der Waals surface area contributed by atoms with E-state index in [1.54, 1.807) is 12.1 Å². The van der Waals surface area contributed by atoms with Crippen molar-refractivity contribution in [1.82, 2.24) is 10.2 Å². The smallest absolute Gasteiger partial charge is 0.239 e. The molecule has 3 aromatic rings. The van der Waals surface area contributed by atoms with Gasteiger partial charge in [0.05, 0.1) is 13.2 Å². The van der Waals surface area contributed by atoms with Gasteiger partial charge in [-0.3, -0.25) is 0 Å². The van der Waals surface area contributed by atoms with E-state index in [0.717, 1.165) is 24.7 Å². The van der Waals surface area contributed by atoms with Crippen LogP contribution in [-0.4, -0.2) is 48.8 Å². The molecule has 8 nitrogen and oxygen atoms in total. The van der Waals surface area contributed by atoms with Crippen LogP contribution in [0.15, 0.2) is 60.7 Å². The van der Waals surface area contributed by atoms with Gasteiger partial charge in [-0.15, -0.1) is 10.2 Å². The molecule has 2 aromatic carbocycles. The Balaban J connectivity index is 1.12. The monoisotopic (exact) mass is 408 g/mol. The maximum Gasteiger partial charge on any atom is 0.239 e. The van der Waals surface area contributed by atoms with Crippen LogP contribution in [0.5, 0.6) is 34.8 Å². The minimum absolute atomic E-state index is 0.227. The Bertz CT molecular complexity index is 874. The molecule has 1 aromatic heterocycles. The summed E-state index contributed by atoms with van der Waals surface area (Å²) >= 11 is 0. The topological polar surface area (TPSA) is 87.8 Å². The lowest BCUT2D eigenvalue weighted by molar-refractivity contribution is 0.263. The van der Waals surface area contributed by atoms with Crippen LogP contribution in [0.4, 0.5) is 0 Å². The minimum atomic E-state index is 0.227. The van der Waals surface area contributed by atoms with E-state index in [9.17, 15) is 0 Å². The lowest BCUT2D eigenvalue weighted by Gasteiger charge is -2.08. The molecule has 30 heavy (non-hydrogen) atoms. The number of rotatable bonds is 10. The Hall–Kier alpha value is -3.36. The number of hydrogen-bond donors (Lipinski definition) is 0. The minimum Gasteiger partial charge on any atom is -0.491 e. The number of aromatic nitrogens is 2. The van der Waals surface area contributed by atoms with E-state index in [1.165, 1.54) is 0 Å². The maximum atomic E-state index is 5.71. The summed E-state index contributed by atoms with van der Waals surface area (Å²) in [5.74, 6) is 3.55. The first-order valence-electron chi connectivity index (χ1n) is 9.68. The van der Waals surface area contributed by atoms with E-state index >= 15 is 0 Å². The molecule has 2 aliphatic rings. The average Bonchev–Trinajstić information content (AvgIpc) is 3.69. The first-order valence-corrected chi connectivity index (χ1v) is 9.68. The molecule has 0 N–H and O–H groups in total. The van der Waals surface area contributed by atoms with Crippen LogP contribution in [0.1, 0.15) is 0 Å². The number of nitrogens with zero attached hydrogens (tertiary/aromatic N) is 2. The van der Waals surface area contributed by atoms with Crippen LogP contribution in [-0.2, 0) is 9.47 Å². The molecule has 0 saturated carbocycles. The zero-order valence-electron chi connectivity index (χ0n) is 16.1. The highest BCUT2D eigenvalue weighted by atomic mass is 16.6. The van der Waals surface area contributed by atoms with Gasteiger partial charge in [0, 0.05) is 12.1 Å². The van der Waals surface area contributed by atoms with E-state index in [1.807, 2.05) is 48.5 Å². The highest BCUT2D eigenvalue weighted by Crippen LogP contribution is 2.26. The fourth-order valence-electron chi connectivity index (χ4n) is 2.57. The standard InChI is InChI=1S/C22H20N2O6/c1-5-17(6-2-15(1)25-11-19-13-27-19)29-21-9-10-22(24-23-21)30-18-7-3-16(4-8-18)26-12-20-14-28-20/h1-10,19-20H,11-14H2. The summed E-state index contributed by atoms with van der Waals surface area (Å²) < 4.78 is 32.9. The number of ether oxygens (including phenoxy) is 6. The third kappa shape index (κ3) is 5.37. The van der Waals surface area contributed by atoms with E-state index in [-0.39, 0.29) is 12.2 Å². The van der Waals surface area contributed by atoms with E-state index in [4.69, 9.17) is 28.4 Å². The van der Waals surface area contributed by atoms with Crippen LogP contribution >= 0.6 is 0 Å². The summed E-state index contributed by atoms with van der Waals surface area (Å²) in [5.41, 5.74) is 0. The molecule has 154 valence electrons. The Morgan fingerprint density at radius 3 is 1.30 bits per heavy atom. The maximum absolute atomic E-state index is 5.71. The molecule has 3 heterocycles. The first-order chi connectivity index (χ1) is 14.8. The van der Waals surface area contributed by atoms with Gasteiger partial charge < -0.3 is 28.4 Å². The molecular formula is C22H20N2O6. The predicted molar refractivity (Wildman–Crippen MR) is 106 cm³/mol. The third-order valence-electron chi connectivity index (χ3n) is 4.38. The molecule has 0 radical (unpaired) electrons. The van der Waals surface area contributed by atoms with Crippen molar-refractivity contribution in [2.24, 2.45) is 0 Å². The molecule has 0 aliphatic carbocycles. The van der Waals surface area contributed by atoms with Crippen molar-refractivity contribution in [3.63, 3.8) is 0 Å². The van der Waals surface area contributed by atoms with Gasteiger partial charge in [0.25, 0.3) is 0 Å². The van der Waals surface area contributed by atoms with Gasteiger partial charge in [-0.2, -0.15) is 0 Å². The number of hydrogen-bond acceptors (Lipinski definition) is 8. The Morgan fingerprint density at radius 2 is 0.967 bits per heavy atom. The number of epoxide rings is 2. The number of benzene rings is 2. The summed E-state index contributed by atoms with van der Waals surface area (Å²) in [7, 11) is 0. The normalized spacial score (nSPS) is 19.1. The highest BCUT2D eigenvalue weighted by molar-refractivity contribution is 5.35. The third-order valence-corrected chi connectivity index (χ3v) is 4.38. The molecule has 0 amide bonds. The summed E-state index contributed by atoms with van der Waals surface area (Å²) in [5, 5.41) is 8.10. The van der Waals surface area contributed by atoms with Gasteiger partial charge in [0.15, 0.2) is 0 Å². The molecule has 2 unspecified atom stereocenters. The first kappa shape index (κ1) is 18.7. The molecule has 5 rings (SSSR count). The van der Waals surface area contributed by atoms with Crippen molar-refractivity contribution < 1.29 is 28.4 Å².